The van der Waals surface area contributed by atoms with Crippen LogP contribution in [0, 0.1) is 0 Å². The topological polar surface area (TPSA) is 96.0 Å². The number of hydrogen-bond donors (Lipinski definition) is 1. The summed E-state index contributed by atoms with van der Waals surface area (Å²) in [6.45, 7) is 1.08. The van der Waals surface area contributed by atoms with Crippen molar-refractivity contribution in [2.45, 2.75) is 56.1 Å². The number of anilines is 1. The first kappa shape index (κ1) is 30.7. The number of nitrogens with zero attached hydrogens (tertiary/aromatic N) is 2. The molecule has 0 aromatic heterocycles. The van der Waals surface area contributed by atoms with Gasteiger partial charge in [0.25, 0.3) is 10.0 Å². The van der Waals surface area contributed by atoms with Crippen LogP contribution in [0.5, 0.6) is 5.75 Å². The second-order valence-electron chi connectivity index (χ2n) is 9.95. The highest BCUT2D eigenvalue weighted by atomic mass is 35.5. The van der Waals surface area contributed by atoms with Crippen LogP contribution in [0.4, 0.5) is 5.69 Å². The van der Waals surface area contributed by atoms with Crippen molar-refractivity contribution in [3.05, 3.63) is 88.4 Å². The van der Waals surface area contributed by atoms with Crippen LogP contribution in [0.15, 0.2) is 77.7 Å². The van der Waals surface area contributed by atoms with Crippen molar-refractivity contribution < 1.29 is 22.7 Å². The summed E-state index contributed by atoms with van der Waals surface area (Å²) in [5.74, 6) is -0.370. The first-order valence-corrected chi connectivity index (χ1v) is 15.6. The Labute approximate surface area is 251 Å². The number of benzene rings is 3. The molecule has 0 bridgehead atoms. The molecule has 0 spiro atoms. The predicted molar refractivity (Wildman–Crippen MR) is 161 cm³/mol. The quantitative estimate of drug-likeness (QED) is 0.299. The molecule has 8 nitrogen and oxygen atoms in total. The predicted octanol–water partition coefficient (Wildman–Crippen LogP) is 5.67. The van der Waals surface area contributed by atoms with Crippen LogP contribution in [0.3, 0.4) is 0 Å². The molecule has 0 radical (unpaired) electrons. The summed E-state index contributed by atoms with van der Waals surface area (Å²) in [5.41, 5.74) is 0.887. The summed E-state index contributed by atoms with van der Waals surface area (Å²) in [5, 5.41) is 3.82. The number of carbonyl (C=O) groups is 2. The second kappa shape index (κ2) is 13.6. The maximum absolute atomic E-state index is 14.0. The van der Waals surface area contributed by atoms with Gasteiger partial charge in [-0.25, -0.2) is 8.42 Å². The fourth-order valence-electron chi connectivity index (χ4n) is 4.81. The lowest BCUT2D eigenvalue weighted by atomic mass is 10.1. The van der Waals surface area contributed by atoms with Crippen molar-refractivity contribution in [2.75, 3.05) is 18.0 Å². The van der Waals surface area contributed by atoms with Gasteiger partial charge in [0.1, 0.15) is 18.3 Å². The molecule has 1 aliphatic rings. The third-order valence-electron chi connectivity index (χ3n) is 7.20. The molecule has 218 valence electrons. The van der Waals surface area contributed by atoms with Crippen LogP contribution in [0.25, 0.3) is 0 Å². The molecule has 1 aliphatic carbocycles. The summed E-state index contributed by atoms with van der Waals surface area (Å²) < 4.78 is 34.0. The number of ether oxygens (including phenoxy) is 1. The molecule has 4 rings (SSSR count). The Hall–Kier alpha value is -3.27. The van der Waals surface area contributed by atoms with Crippen LogP contribution in [-0.4, -0.2) is 50.9 Å². The number of hydrogen-bond acceptors (Lipinski definition) is 5. The van der Waals surface area contributed by atoms with Crippen molar-refractivity contribution >= 4 is 50.7 Å². The molecule has 1 fully saturated rings. The summed E-state index contributed by atoms with van der Waals surface area (Å²) in [6, 6.07) is 18.4. The van der Waals surface area contributed by atoms with Gasteiger partial charge in [-0.15, -0.1) is 0 Å². The number of para-hydroxylation sites is 1. The normalized spacial score (nSPS) is 14.3. The van der Waals surface area contributed by atoms with E-state index in [-0.39, 0.29) is 23.4 Å². The van der Waals surface area contributed by atoms with E-state index in [4.69, 9.17) is 27.9 Å². The van der Waals surface area contributed by atoms with E-state index in [1.165, 1.54) is 24.1 Å². The van der Waals surface area contributed by atoms with Gasteiger partial charge in [0.05, 0.1) is 17.7 Å². The highest BCUT2D eigenvalue weighted by Gasteiger charge is 2.33. The Kier molecular flexibility index (Phi) is 10.2. The number of halogens is 2. The van der Waals surface area contributed by atoms with Crippen molar-refractivity contribution in [1.29, 1.82) is 0 Å². The summed E-state index contributed by atoms with van der Waals surface area (Å²) in [6.07, 6.45) is 3.85. The molecule has 1 saturated carbocycles. The maximum Gasteiger partial charge on any atom is 0.264 e. The van der Waals surface area contributed by atoms with Gasteiger partial charge >= 0.3 is 0 Å². The fourth-order valence-corrected chi connectivity index (χ4v) is 6.69. The highest BCUT2D eigenvalue weighted by molar-refractivity contribution is 7.92. The Morgan fingerprint density at radius 1 is 1.00 bits per heavy atom. The van der Waals surface area contributed by atoms with Gasteiger partial charge in [-0.05, 0) is 73.9 Å². The molecule has 1 N–H and O–H groups in total. The van der Waals surface area contributed by atoms with Crippen molar-refractivity contribution in [3.63, 3.8) is 0 Å². The van der Waals surface area contributed by atoms with E-state index in [0.717, 1.165) is 30.0 Å². The van der Waals surface area contributed by atoms with Crippen LogP contribution in [-0.2, 0) is 26.2 Å². The molecule has 0 heterocycles. The van der Waals surface area contributed by atoms with Crippen molar-refractivity contribution in [2.24, 2.45) is 0 Å². The molecule has 0 aliphatic heterocycles. The number of rotatable bonds is 11. The molecule has 41 heavy (non-hydrogen) atoms. The van der Waals surface area contributed by atoms with Crippen LogP contribution >= 0.6 is 23.2 Å². The monoisotopic (exact) mass is 617 g/mol. The molecule has 11 heteroatoms. The van der Waals surface area contributed by atoms with Crippen molar-refractivity contribution in [3.8, 4) is 5.75 Å². The van der Waals surface area contributed by atoms with E-state index in [1.54, 1.807) is 67.6 Å². The highest BCUT2D eigenvalue weighted by Crippen LogP contribution is 2.27. The van der Waals surface area contributed by atoms with Crippen LogP contribution in [0.1, 0.15) is 38.2 Å². The molecule has 3 aromatic carbocycles. The summed E-state index contributed by atoms with van der Waals surface area (Å²) in [4.78, 5) is 28.7. The van der Waals surface area contributed by atoms with E-state index >= 15 is 0 Å². The first-order valence-electron chi connectivity index (χ1n) is 13.4. The van der Waals surface area contributed by atoms with Gasteiger partial charge in [0.2, 0.25) is 11.8 Å². The Balaban J connectivity index is 1.68. The third-order valence-corrected chi connectivity index (χ3v) is 9.57. The van der Waals surface area contributed by atoms with E-state index in [2.05, 4.69) is 5.32 Å². The Bertz CT molecular complexity index is 1460. The second-order valence-corrected chi connectivity index (χ2v) is 12.7. The Morgan fingerprint density at radius 3 is 2.27 bits per heavy atom. The number of methoxy groups -OCH3 is 1. The zero-order valence-corrected chi connectivity index (χ0v) is 25.3. The number of amides is 2. The minimum absolute atomic E-state index is 0.00530. The largest absolute Gasteiger partial charge is 0.497 e. The summed E-state index contributed by atoms with van der Waals surface area (Å²) in [7, 11) is -2.68. The smallest absolute Gasteiger partial charge is 0.264 e. The number of carbonyl (C=O) groups excluding carboxylic acids is 2. The number of sulfonamides is 1. The SMILES string of the molecule is COc1ccc(S(=O)(=O)N(CC(=O)N(Cc2ccc(Cl)cc2Cl)[C@H](C)C(=O)NC2CCCC2)c2ccccc2)cc1. The van der Waals surface area contributed by atoms with E-state index < -0.39 is 28.5 Å². The Morgan fingerprint density at radius 2 is 1.66 bits per heavy atom. The standard InChI is InChI=1S/C30H33Cl2N3O5S/c1-21(30(37)33-24-8-6-7-9-24)34(19-22-12-13-23(31)18-28(22)32)29(36)20-35(25-10-4-3-5-11-25)41(38,39)27-16-14-26(40-2)15-17-27/h3-5,10-18,21,24H,6-9,19-20H2,1-2H3,(H,33,37)/t21-/m1/s1. The average Bonchev–Trinajstić information content (AvgIpc) is 3.48. The van der Waals surface area contributed by atoms with Gasteiger partial charge in [0.15, 0.2) is 0 Å². The van der Waals surface area contributed by atoms with Gasteiger partial charge in [-0.3, -0.25) is 13.9 Å². The van der Waals surface area contributed by atoms with Crippen LogP contribution < -0.4 is 14.4 Å². The van der Waals surface area contributed by atoms with E-state index in [0.29, 0.717) is 27.0 Å². The molecule has 2 amide bonds. The molecular weight excluding hydrogens is 585 g/mol. The van der Waals surface area contributed by atoms with Crippen molar-refractivity contribution in [1.82, 2.24) is 10.2 Å². The van der Waals surface area contributed by atoms with Gasteiger partial charge in [0, 0.05) is 22.6 Å². The lowest BCUT2D eigenvalue weighted by molar-refractivity contribution is -0.139. The molecule has 3 aromatic rings. The fraction of sp³-hybridized carbons (Fsp3) is 0.333. The van der Waals surface area contributed by atoms with E-state index in [1.807, 2.05) is 0 Å². The van der Waals surface area contributed by atoms with Gasteiger partial charge in [-0.2, -0.15) is 0 Å². The zero-order chi connectivity index (χ0) is 29.6. The average molecular weight is 619 g/mol. The minimum Gasteiger partial charge on any atom is -0.497 e. The lowest BCUT2D eigenvalue weighted by Crippen LogP contribution is -2.52. The third kappa shape index (κ3) is 7.52. The molecule has 1 atom stereocenters. The zero-order valence-electron chi connectivity index (χ0n) is 22.9. The first-order chi connectivity index (χ1) is 19.6. The summed E-state index contributed by atoms with van der Waals surface area (Å²) >= 11 is 12.5. The molecule has 0 saturated heterocycles. The van der Waals surface area contributed by atoms with Gasteiger partial charge < -0.3 is 15.0 Å². The van der Waals surface area contributed by atoms with E-state index in [9.17, 15) is 18.0 Å². The van der Waals surface area contributed by atoms with Crippen LogP contribution in [0.2, 0.25) is 10.0 Å². The molecular formula is C30H33Cl2N3O5S. The lowest BCUT2D eigenvalue weighted by Gasteiger charge is -2.32. The number of nitrogens with one attached hydrogen (secondary N) is 1. The molecule has 0 unspecified atom stereocenters. The minimum atomic E-state index is -4.17. The van der Waals surface area contributed by atoms with Gasteiger partial charge in [-0.1, -0.05) is 60.3 Å². The maximum atomic E-state index is 14.0.